The molecule has 2 N–H and O–H groups in total. The lowest BCUT2D eigenvalue weighted by Gasteiger charge is -2.05. The highest BCUT2D eigenvalue weighted by atomic mass is 16.4. The van der Waals surface area contributed by atoms with Crippen LogP contribution in [0.15, 0.2) is 36.4 Å². The molecule has 100 valence electrons. The van der Waals surface area contributed by atoms with Crippen molar-refractivity contribution in [2.45, 2.75) is 6.54 Å². The van der Waals surface area contributed by atoms with Crippen molar-refractivity contribution in [1.82, 2.24) is 25.3 Å². The van der Waals surface area contributed by atoms with Crippen molar-refractivity contribution in [3.63, 3.8) is 0 Å². The number of nitrogens with zero attached hydrogens (tertiary/aromatic N) is 5. The standard InChI is InChI=1S/C12H10N6O2/c19-12(20)9-3-1-8(2-4-9)7-13-10-5-6-11-14-16-17-18(11)15-10/h1-6H,7H2,(H,13,15)(H,19,20). The predicted molar refractivity (Wildman–Crippen MR) is 69.3 cm³/mol. The van der Waals surface area contributed by atoms with Gasteiger partial charge in [-0.25, -0.2) is 4.79 Å². The Morgan fingerprint density at radius 3 is 2.75 bits per heavy atom. The molecule has 1 aromatic carbocycles. The summed E-state index contributed by atoms with van der Waals surface area (Å²) < 4.78 is 1.33. The minimum atomic E-state index is -0.935. The third kappa shape index (κ3) is 2.39. The minimum Gasteiger partial charge on any atom is -0.478 e. The smallest absolute Gasteiger partial charge is 0.335 e. The number of hydrogen-bond donors (Lipinski definition) is 2. The van der Waals surface area contributed by atoms with Crippen molar-refractivity contribution in [3.8, 4) is 0 Å². The Morgan fingerprint density at radius 2 is 2.00 bits per heavy atom. The second-order valence-corrected chi connectivity index (χ2v) is 4.10. The number of carboxylic acid groups (broad SMARTS) is 1. The van der Waals surface area contributed by atoms with Crippen LogP contribution in [0, 0.1) is 0 Å². The molecule has 0 atom stereocenters. The van der Waals surface area contributed by atoms with Gasteiger partial charge in [-0.15, -0.1) is 14.8 Å². The molecule has 0 saturated heterocycles. The van der Waals surface area contributed by atoms with E-state index in [1.165, 1.54) is 4.63 Å². The first-order chi connectivity index (χ1) is 9.72. The van der Waals surface area contributed by atoms with Crippen LogP contribution in [0.25, 0.3) is 5.65 Å². The summed E-state index contributed by atoms with van der Waals surface area (Å²) in [5.74, 6) is -0.303. The summed E-state index contributed by atoms with van der Waals surface area (Å²) in [7, 11) is 0. The van der Waals surface area contributed by atoms with Crippen LogP contribution >= 0.6 is 0 Å². The molecule has 0 fully saturated rings. The van der Waals surface area contributed by atoms with Crippen molar-refractivity contribution in [2.24, 2.45) is 0 Å². The number of carboxylic acids is 1. The van der Waals surface area contributed by atoms with Crippen LogP contribution in [-0.2, 0) is 6.54 Å². The average Bonchev–Trinajstić information content (AvgIpc) is 2.93. The topological polar surface area (TPSA) is 105 Å². The van der Waals surface area contributed by atoms with Gasteiger partial charge in [-0.05, 0) is 40.3 Å². The second kappa shape index (κ2) is 4.92. The maximum absolute atomic E-state index is 10.7. The number of fused-ring (bicyclic) bond motifs is 1. The first-order valence-electron chi connectivity index (χ1n) is 5.84. The first-order valence-corrected chi connectivity index (χ1v) is 5.84. The number of aromatic nitrogens is 5. The highest BCUT2D eigenvalue weighted by molar-refractivity contribution is 5.87. The molecule has 0 saturated carbocycles. The summed E-state index contributed by atoms with van der Waals surface area (Å²) in [6, 6.07) is 10.2. The van der Waals surface area contributed by atoms with Gasteiger partial charge in [0.05, 0.1) is 5.56 Å². The molecule has 3 rings (SSSR count). The van der Waals surface area contributed by atoms with Gasteiger partial charge in [0.1, 0.15) is 5.82 Å². The summed E-state index contributed by atoms with van der Waals surface area (Å²) in [5, 5.41) is 27.1. The Morgan fingerprint density at radius 1 is 1.20 bits per heavy atom. The minimum absolute atomic E-state index is 0.266. The largest absolute Gasteiger partial charge is 0.478 e. The van der Waals surface area contributed by atoms with E-state index in [-0.39, 0.29) is 5.56 Å². The van der Waals surface area contributed by atoms with Crippen molar-refractivity contribution in [1.29, 1.82) is 0 Å². The van der Waals surface area contributed by atoms with Crippen molar-refractivity contribution < 1.29 is 9.90 Å². The van der Waals surface area contributed by atoms with E-state index in [4.69, 9.17) is 5.11 Å². The lowest BCUT2D eigenvalue weighted by Crippen LogP contribution is -2.05. The molecule has 0 aliphatic rings. The van der Waals surface area contributed by atoms with E-state index in [9.17, 15) is 4.79 Å². The van der Waals surface area contributed by atoms with Crippen LogP contribution in [0.4, 0.5) is 5.82 Å². The monoisotopic (exact) mass is 270 g/mol. The normalized spacial score (nSPS) is 10.6. The summed E-state index contributed by atoms with van der Waals surface area (Å²) in [4.78, 5) is 10.7. The number of hydrogen-bond acceptors (Lipinski definition) is 6. The highest BCUT2D eigenvalue weighted by Crippen LogP contribution is 2.08. The average molecular weight is 270 g/mol. The van der Waals surface area contributed by atoms with Gasteiger partial charge < -0.3 is 10.4 Å². The number of anilines is 1. The third-order valence-electron chi connectivity index (χ3n) is 2.74. The fourth-order valence-electron chi connectivity index (χ4n) is 1.70. The van der Waals surface area contributed by atoms with Gasteiger partial charge >= 0.3 is 5.97 Å². The van der Waals surface area contributed by atoms with E-state index >= 15 is 0 Å². The molecule has 0 unspecified atom stereocenters. The Labute approximate surface area is 113 Å². The number of tetrazole rings is 1. The van der Waals surface area contributed by atoms with Gasteiger partial charge in [0.25, 0.3) is 0 Å². The molecule has 8 nitrogen and oxygen atoms in total. The summed E-state index contributed by atoms with van der Waals surface area (Å²) >= 11 is 0. The fraction of sp³-hybridized carbons (Fsp3) is 0.0833. The molecule has 8 heteroatoms. The Kier molecular flexibility index (Phi) is 2.96. The highest BCUT2D eigenvalue weighted by Gasteiger charge is 2.03. The van der Waals surface area contributed by atoms with E-state index in [0.29, 0.717) is 18.0 Å². The molecule has 0 aliphatic carbocycles. The lowest BCUT2D eigenvalue weighted by atomic mass is 10.1. The van der Waals surface area contributed by atoms with E-state index in [1.54, 1.807) is 36.4 Å². The SMILES string of the molecule is O=C(O)c1ccc(CNc2ccc3nnnn3n2)cc1. The Bertz CT molecular complexity index is 752. The molecule has 0 bridgehead atoms. The zero-order valence-corrected chi connectivity index (χ0v) is 10.3. The zero-order chi connectivity index (χ0) is 13.9. The van der Waals surface area contributed by atoms with E-state index in [2.05, 4.69) is 25.9 Å². The molecule has 0 spiro atoms. The van der Waals surface area contributed by atoms with Crippen molar-refractivity contribution >= 4 is 17.4 Å². The van der Waals surface area contributed by atoms with Gasteiger partial charge in [0.2, 0.25) is 0 Å². The quantitative estimate of drug-likeness (QED) is 0.723. The van der Waals surface area contributed by atoms with Gasteiger partial charge in [-0.1, -0.05) is 12.1 Å². The number of rotatable bonds is 4. The van der Waals surface area contributed by atoms with Gasteiger partial charge in [-0.3, -0.25) is 0 Å². The van der Waals surface area contributed by atoms with Crippen molar-refractivity contribution in [3.05, 3.63) is 47.5 Å². The van der Waals surface area contributed by atoms with Gasteiger partial charge in [-0.2, -0.15) is 0 Å². The van der Waals surface area contributed by atoms with Gasteiger partial charge in [0.15, 0.2) is 5.65 Å². The fourth-order valence-corrected chi connectivity index (χ4v) is 1.70. The summed E-state index contributed by atoms with van der Waals surface area (Å²) in [6.07, 6.45) is 0. The van der Waals surface area contributed by atoms with Crippen LogP contribution in [0.5, 0.6) is 0 Å². The number of nitrogens with one attached hydrogen (secondary N) is 1. The molecule has 3 aromatic rings. The molecule has 0 radical (unpaired) electrons. The Hall–Kier alpha value is -3.03. The van der Waals surface area contributed by atoms with E-state index < -0.39 is 5.97 Å². The van der Waals surface area contributed by atoms with Gasteiger partial charge in [0, 0.05) is 6.54 Å². The zero-order valence-electron chi connectivity index (χ0n) is 10.3. The first kappa shape index (κ1) is 12.0. The maximum atomic E-state index is 10.7. The van der Waals surface area contributed by atoms with Crippen LogP contribution < -0.4 is 5.32 Å². The molecule has 0 aliphatic heterocycles. The second-order valence-electron chi connectivity index (χ2n) is 4.10. The lowest BCUT2D eigenvalue weighted by molar-refractivity contribution is 0.0697. The molecule has 2 aromatic heterocycles. The van der Waals surface area contributed by atoms with Crippen LogP contribution in [0.1, 0.15) is 15.9 Å². The molecule has 0 amide bonds. The predicted octanol–water partition coefficient (Wildman–Crippen LogP) is 0.830. The number of carbonyl (C=O) groups is 1. The van der Waals surface area contributed by atoms with Crippen LogP contribution in [0.2, 0.25) is 0 Å². The molecular weight excluding hydrogens is 260 g/mol. The molecule has 20 heavy (non-hydrogen) atoms. The van der Waals surface area contributed by atoms with Crippen LogP contribution in [-0.4, -0.2) is 36.3 Å². The summed E-state index contributed by atoms with van der Waals surface area (Å²) in [6.45, 7) is 0.528. The Balaban J connectivity index is 1.70. The maximum Gasteiger partial charge on any atom is 0.335 e. The molecular formula is C12H10N6O2. The van der Waals surface area contributed by atoms with E-state index in [0.717, 1.165) is 5.56 Å². The number of benzene rings is 1. The summed E-state index contributed by atoms with van der Waals surface area (Å²) in [5.41, 5.74) is 1.79. The number of aromatic carboxylic acids is 1. The van der Waals surface area contributed by atoms with E-state index in [1.807, 2.05) is 0 Å². The molecule has 2 heterocycles. The van der Waals surface area contributed by atoms with Crippen LogP contribution in [0.3, 0.4) is 0 Å². The van der Waals surface area contributed by atoms with Crippen molar-refractivity contribution in [2.75, 3.05) is 5.32 Å². The third-order valence-corrected chi connectivity index (χ3v) is 2.74.